The number of hydrogen-bond donors (Lipinski definition) is 0. The smallest absolute Gasteiger partial charge is 0.313 e. The number of fused-ring (bicyclic) bond motifs is 1. The molecule has 1 aromatic carbocycles. The average Bonchev–Trinajstić information content (AvgIpc) is 3.16. The number of esters is 1. The zero-order valence-electron chi connectivity index (χ0n) is 13.4. The normalized spacial score (nSPS) is 33.4. The summed E-state index contributed by atoms with van der Waals surface area (Å²) in [5.74, 6) is -1.50. The lowest BCUT2D eigenvalue weighted by molar-refractivity contribution is -0.156. The van der Waals surface area contributed by atoms with Crippen LogP contribution >= 0.6 is 15.9 Å². The molecule has 0 aromatic heterocycles. The molecule has 126 valence electrons. The van der Waals surface area contributed by atoms with Crippen molar-refractivity contribution in [3.8, 4) is 0 Å². The molecule has 0 N–H and O–H groups in total. The van der Waals surface area contributed by atoms with Gasteiger partial charge in [-0.15, -0.1) is 0 Å². The molecule has 24 heavy (non-hydrogen) atoms. The lowest BCUT2D eigenvalue weighted by atomic mass is 9.77. The number of nitrogens with zero attached hydrogens (tertiary/aromatic N) is 1. The molecule has 6 heteroatoms. The number of benzene rings is 1. The minimum atomic E-state index is -0.713. The van der Waals surface area contributed by atoms with Crippen molar-refractivity contribution in [1.82, 2.24) is 0 Å². The van der Waals surface area contributed by atoms with Crippen LogP contribution < -0.4 is 4.90 Å². The first-order valence-corrected chi connectivity index (χ1v) is 8.85. The molecular weight excluding hydrogens is 374 g/mol. The van der Waals surface area contributed by atoms with Gasteiger partial charge in [-0.25, -0.2) is 0 Å². The lowest BCUT2D eigenvalue weighted by Gasteiger charge is -2.23. The maximum absolute atomic E-state index is 13.1. The first-order chi connectivity index (χ1) is 11.4. The maximum Gasteiger partial charge on any atom is 0.313 e. The van der Waals surface area contributed by atoms with E-state index in [1.807, 2.05) is 50.3 Å². The molecular formula is C18H18BrNO4. The largest absolute Gasteiger partial charge is 0.463 e. The second kappa shape index (κ2) is 5.43. The van der Waals surface area contributed by atoms with E-state index < -0.39 is 17.4 Å². The molecule has 5 nitrogen and oxygen atoms in total. The van der Waals surface area contributed by atoms with E-state index >= 15 is 0 Å². The topological polar surface area (TPSA) is 55.8 Å². The van der Waals surface area contributed by atoms with E-state index in [-0.39, 0.29) is 24.1 Å². The van der Waals surface area contributed by atoms with Gasteiger partial charge in [0.05, 0.1) is 24.7 Å². The molecule has 1 aromatic rings. The van der Waals surface area contributed by atoms with Crippen molar-refractivity contribution in [2.45, 2.75) is 31.7 Å². The summed E-state index contributed by atoms with van der Waals surface area (Å²) in [6, 6.07) is 7.56. The molecule has 3 aliphatic rings. The van der Waals surface area contributed by atoms with Crippen LogP contribution in [-0.4, -0.2) is 36.2 Å². The minimum absolute atomic E-state index is 0.0742. The summed E-state index contributed by atoms with van der Waals surface area (Å²) in [4.78, 5) is 27.3. The number of halogens is 1. The van der Waals surface area contributed by atoms with Gasteiger partial charge in [0.2, 0.25) is 5.91 Å². The zero-order valence-corrected chi connectivity index (χ0v) is 15.0. The summed E-state index contributed by atoms with van der Waals surface area (Å²) < 4.78 is 12.4. The molecule has 0 aliphatic carbocycles. The van der Waals surface area contributed by atoms with Gasteiger partial charge in [0.1, 0.15) is 11.5 Å². The van der Waals surface area contributed by atoms with Crippen LogP contribution in [0.15, 0.2) is 40.9 Å². The zero-order chi connectivity index (χ0) is 17.1. The molecule has 2 bridgehead atoms. The van der Waals surface area contributed by atoms with Crippen LogP contribution in [0.3, 0.4) is 0 Å². The number of carbonyl (C=O) groups is 2. The summed E-state index contributed by atoms with van der Waals surface area (Å²) in [5, 5.41) is 0. The first-order valence-electron chi connectivity index (χ1n) is 8.06. The van der Waals surface area contributed by atoms with Crippen LogP contribution in [0.25, 0.3) is 0 Å². The summed E-state index contributed by atoms with van der Waals surface area (Å²) in [6.45, 7) is 4.04. The van der Waals surface area contributed by atoms with E-state index in [1.165, 1.54) is 0 Å². The highest BCUT2D eigenvalue weighted by Crippen LogP contribution is 2.53. The lowest BCUT2D eigenvalue weighted by Crippen LogP contribution is -2.40. The third kappa shape index (κ3) is 2.24. The Morgan fingerprint density at radius 2 is 2.08 bits per heavy atom. The molecule has 1 spiro atoms. The Hall–Kier alpha value is -1.66. The minimum Gasteiger partial charge on any atom is -0.463 e. The van der Waals surface area contributed by atoms with E-state index in [4.69, 9.17) is 9.47 Å². The summed E-state index contributed by atoms with van der Waals surface area (Å²) in [7, 11) is 0. The fraction of sp³-hybridized carbons (Fsp3) is 0.444. The monoisotopic (exact) mass is 391 g/mol. The van der Waals surface area contributed by atoms with Gasteiger partial charge in [-0.05, 0) is 38.1 Å². The van der Waals surface area contributed by atoms with Crippen molar-refractivity contribution in [3.05, 3.63) is 40.9 Å². The number of carbonyl (C=O) groups excluding carboxylic acids is 2. The van der Waals surface area contributed by atoms with Gasteiger partial charge < -0.3 is 14.4 Å². The first kappa shape index (κ1) is 15.8. The predicted octanol–water partition coefficient (Wildman–Crippen LogP) is 2.69. The average molecular weight is 392 g/mol. The summed E-state index contributed by atoms with van der Waals surface area (Å²) in [5.41, 5.74) is 0.0959. The number of ether oxygens (including phenoxy) is 2. The van der Waals surface area contributed by atoms with Gasteiger partial charge in [-0.2, -0.15) is 0 Å². The third-order valence-electron chi connectivity index (χ3n) is 4.86. The van der Waals surface area contributed by atoms with E-state index in [0.717, 1.165) is 10.2 Å². The maximum atomic E-state index is 13.1. The number of amides is 1. The molecule has 2 saturated heterocycles. The Kier molecular flexibility index (Phi) is 3.58. The fourth-order valence-electron chi connectivity index (χ4n) is 3.92. The van der Waals surface area contributed by atoms with Crippen LogP contribution in [-0.2, 0) is 19.1 Å². The Bertz CT molecular complexity index is 729. The number of anilines is 1. The van der Waals surface area contributed by atoms with Gasteiger partial charge in [0, 0.05) is 10.2 Å². The quantitative estimate of drug-likeness (QED) is 0.587. The van der Waals surface area contributed by atoms with Crippen molar-refractivity contribution in [3.63, 3.8) is 0 Å². The van der Waals surface area contributed by atoms with Gasteiger partial charge in [0.25, 0.3) is 0 Å². The van der Waals surface area contributed by atoms with Crippen molar-refractivity contribution < 1.29 is 19.1 Å². The Morgan fingerprint density at radius 1 is 1.38 bits per heavy atom. The molecule has 4 atom stereocenters. The molecule has 4 rings (SSSR count). The molecule has 2 fully saturated rings. The molecule has 1 amide bonds. The molecule has 0 radical (unpaired) electrons. The van der Waals surface area contributed by atoms with E-state index in [0.29, 0.717) is 6.54 Å². The van der Waals surface area contributed by atoms with Gasteiger partial charge in [-0.1, -0.05) is 28.1 Å². The SMILES string of the molecule is CC(C)OC(=O)C1C2C=CC3(CN(c4ccc(Br)cc4)C(=O)C13)O2. The molecule has 0 saturated carbocycles. The number of rotatable bonds is 3. The second-order valence-electron chi connectivity index (χ2n) is 6.79. The Morgan fingerprint density at radius 3 is 2.75 bits per heavy atom. The van der Waals surface area contributed by atoms with Gasteiger partial charge >= 0.3 is 5.97 Å². The standard InChI is InChI=1S/C18H18BrNO4/c1-10(2)23-17(22)14-13-7-8-18(24-13)9-20(16(21)15(14)18)12-5-3-11(19)4-6-12/h3-8,10,13-15H,9H2,1-2H3. The molecule has 3 heterocycles. The van der Waals surface area contributed by atoms with Crippen molar-refractivity contribution in [2.75, 3.05) is 11.4 Å². The Balaban J connectivity index is 1.66. The van der Waals surface area contributed by atoms with Crippen LogP contribution in [0.4, 0.5) is 5.69 Å². The fourth-order valence-corrected chi connectivity index (χ4v) is 4.18. The third-order valence-corrected chi connectivity index (χ3v) is 5.39. The molecule has 3 aliphatic heterocycles. The van der Waals surface area contributed by atoms with E-state index in [9.17, 15) is 9.59 Å². The van der Waals surface area contributed by atoms with Crippen LogP contribution in [0.2, 0.25) is 0 Å². The van der Waals surface area contributed by atoms with E-state index in [2.05, 4.69) is 15.9 Å². The summed E-state index contributed by atoms with van der Waals surface area (Å²) in [6.07, 6.45) is 3.26. The van der Waals surface area contributed by atoms with Crippen LogP contribution in [0.5, 0.6) is 0 Å². The van der Waals surface area contributed by atoms with Crippen molar-refractivity contribution in [2.24, 2.45) is 11.8 Å². The highest BCUT2D eigenvalue weighted by atomic mass is 79.9. The van der Waals surface area contributed by atoms with Gasteiger partial charge in [0.15, 0.2) is 0 Å². The molecule has 4 unspecified atom stereocenters. The summed E-state index contributed by atoms with van der Waals surface area (Å²) >= 11 is 3.40. The van der Waals surface area contributed by atoms with Crippen LogP contribution in [0, 0.1) is 11.8 Å². The predicted molar refractivity (Wildman–Crippen MR) is 91.4 cm³/mol. The Labute approximate surface area is 148 Å². The van der Waals surface area contributed by atoms with Crippen molar-refractivity contribution >= 4 is 33.5 Å². The van der Waals surface area contributed by atoms with Crippen molar-refractivity contribution in [1.29, 1.82) is 0 Å². The highest BCUT2D eigenvalue weighted by molar-refractivity contribution is 9.10. The van der Waals surface area contributed by atoms with Crippen LogP contribution in [0.1, 0.15) is 13.8 Å². The van der Waals surface area contributed by atoms with E-state index in [1.54, 1.807) is 4.90 Å². The highest BCUT2D eigenvalue weighted by Gasteiger charge is 2.67. The number of hydrogen-bond acceptors (Lipinski definition) is 4. The second-order valence-corrected chi connectivity index (χ2v) is 7.70. The van der Waals surface area contributed by atoms with Gasteiger partial charge in [-0.3, -0.25) is 9.59 Å².